The zero-order valence-electron chi connectivity index (χ0n) is 31.6. The number of benzene rings is 2. The van der Waals surface area contributed by atoms with Crippen molar-refractivity contribution >= 4 is 17.7 Å². The monoisotopic (exact) mass is 659 g/mol. The largest absolute Gasteiger partial charge is 0.342 e. The van der Waals surface area contributed by atoms with Crippen LogP contribution in [0.25, 0.3) is 0 Å². The first kappa shape index (κ1) is 39.0. The third-order valence-corrected chi connectivity index (χ3v) is 10.1. The smallest absolute Gasteiger partial charge is 0.249 e. The second kappa shape index (κ2) is 16.3. The average molecular weight is 660 g/mol. The Labute approximate surface area is 290 Å². The molecular formula is C40H61N5O3. The van der Waals surface area contributed by atoms with Crippen LogP contribution in [0.15, 0.2) is 60.2 Å². The fraction of sp³-hybridized carbons (Fsp3) is 0.575. The highest BCUT2D eigenvalue weighted by atomic mass is 16.2. The molecule has 1 fully saturated rings. The Hall–Kier alpha value is -3.49. The Morgan fingerprint density at radius 2 is 1.50 bits per heavy atom. The molecule has 2 N–H and O–H groups in total. The van der Waals surface area contributed by atoms with Gasteiger partial charge in [0.1, 0.15) is 6.04 Å². The molecule has 0 radical (unpaired) electrons. The summed E-state index contributed by atoms with van der Waals surface area (Å²) in [5, 5.41) is 6.37. The van der Waals surface area contributed by atoms with E-state index in [9.17, 15) is 14.4 Å². The molecule has 48 heavy (non-hydrogen) atoms. The van der Waals surface area contributed by atoms with E-state index in [2.05, 4.69) is 99.5 Å². The standard InChI is InChI=1S/C40H61N5O3/c1-27(2)33(25-30(5)37(47)45-22-20-44(21-23-45)26-31-16-14-13-15-17-31)43(12)38(48)35(39(6,7)8)42-36(46)34(41-11)40(9,10)32-19-18-28(3)29(4)24-32/h13-19,24-25,27,33-35,41H,20-23,26H2,1-12H3,(H,42,46)/b30-25+/t33-,34+,35-/m1/s1. The van der Waals surface area contributed by atoms with E-state index in [0.29, 0.717) is 18.7 Å². The highest BCUT2D eigenvalue weighted by Crippen LogP contribution is 2.30. The molecular weight excluding hydrogens is 598 g/mol. The summed E-state index contributed by atoms with van der Waals surface area (Å²) in [6.45, 7) is 24.0. The molecule has 1 heterocycles. The van der Waals surface area contributed by atoms with Gasteiger partial charge in [-0.3, -0.25) is 19.3 Å². The number of piperazine rings is 1. The van der Waals surface area contributed by atoms with Crippen molar-refractivity contribution in [2.45, 2.75) is 99.3 Å². The predicted octanol–water partition coefficient (Wildman–Crippen LogP) is 5.47. The van der Waals surface area contributed by atoms with Gasteiger partial charge in [0.25, 0.3) is 0 Å². The number of carbonyl (C=O) groups is 3. The summed E-state index contributed by atoms with van der Waals surface area (Å²) in [5.74, 6) is -0.349. The summed E-state index contributed by atoms with van der Waals surface area (Å²) < 4.78 is 0. The third kappa shape index (κ3) is 9.56. The van der Waals surface area contributed by atoms with Gasteiger partial charge < -0.3 is 20.4 Å². The van der Waals surface area contributed by atoms with Gasteiger partial charge >= 0.3 is 0 Å². The highest BCUT2D eigenvalue weighted by molar-refractivity contribution is 5.94. The molecule has 2 aromatic carbocycles. The average Bonchev–Trinajstić information content (AvgIpc) is 3.03. The number of aryl methyl sites for hydroxylation is 2. The van der Waals surface area contributed by atoms with Gasteiger partial charge in [-0.25, -0.2) is 0 Å². The molecule has 1 aliphatic heterocycles. The Balaban J connectivity index is 1.75. The van der Waals surface area contributed by atoms with Crippen molar-refractivity contribution in [1.82, 2.24) is 25.3 Å². The minimum Gasteiger partial charge on any atom is -0.342 e. The van der Waals surface area contributed by atoms with Gasteiger partial charge in [0, 0.05) is 50.8 Å². The summed E-state index contributed by atoms with van der Waals surface area (Å²) in [6.07, 6.45) is 1.93. The fourth-order valence-corrected chi connectivity index (χ4v) is 6.63. The number of likely N-dealkylation sites (N-methyl/N-ethyl adjacent to an activating group) is 2. The third-order valence-electron chi connectivity index (χ3n) is 10.1. The Morgan fingerprint density at radius 3 is 2.02 bits per heavy atom. The van der Waals surface area contributed by atoms with Crippen molar-refractivity contribution in [1.29, 1.82) is 0 Å². The van der Waals surface area contributed by atoms with E-state index in [1.165, 1.54) is 16.7 Å². The Bertz CT molecular complexity index is 1430. The van der Waals surface area contributed by atoms with Crippen LogP contribution in [0.1, 0.15) is 77.6 Å². The summed E-state index contributed by atoms with van der Waals surface area (Å²) >= 11 is 0. The van der Waals surface area contributed by atoms with Crippen molar-refractivity contribution in [3.8, 4) is 0 Å². The van der Waals surface area contributed by atoms with Crippen molar-refractivity contribution < 1.29 is 14.4 Å². The first-order chi connectivity index (χ1) is 22.4. The number of hydrogen-bond acceptors (Lipinski definition) is 5. The molecule has 0 aromatic heterocycles. The Morgan fingerprint density at radius 1 is 0.896 bits per heavy atom. The van der Waals surface area contributed by atoms with Crippen molar-refractivity contribution in [3.63, 3.8) is 0 Å². The zero-order valence-corrected chi connectivity index (χ0v) is 31.6. The van der Waals surface area contributed by atoms with Gasteiger partial charge in [0.15, 0.2) is 0 Å². The van der Waals surface area contributed by atoms with Gasteiger partial charge in [0.2, 0.25) is 17.7 Å². The summed E-state index contributed by atoms with van der Waals surface area (Å²) in [6, 6.07) is 15.0. The molecule has 264 valence electrons. The van der Waals surface area contributed by atoms with Crippen LogP contribution >= 0.6 is 0 Å². The maximum absolute atomic E-state index is 14.3. The molecule has 1 saturated heterocycles. The molecule has 2 aromatic rings. The molecule has 0 saturated carbocycles. The van der Waals surface area contributed by atoms with Crippen LogP contribution in [0.2, 0.25) is 0 Å². The fourth-order valence-electron chi connectivity index (χ4n) is 6.63. The summed E-state index contributed by atoms with van der Waals surface area (Å²) in [4.78, 5) is 47.9. The van der Waals surface area contributed by atoms with Crippen LogP contribution < -0.4 is 10.6 Å². The normalized spacial score (nSPS) is 16.8. The molecule has 3 amide bonds. The zero-order chi connectivity index (χ0) is 36.0. The summed E-state index contributed by atoms with van der Waals surface area (Å²) in [5.41, 5.74) is 4.24. The first-order valence-corrected chi connectivity index (χ1v) is 17.4. The number of hydrogen-bond donors (Lipinski definition) is 2. The SMILES string of the molecule is CN[C@@H](C(=O)N[C@H](C(=O)N(C)[C@H](/C=C(\C)C(=O)N1CCN(Cc2ccccc2)CC1)C(C)C)C(C)(C)C)C(C)(C)c1ccc(C)c(C)c1. The lowest BCUT2D eigenvalue weighted by Gasteiger charge is -2.40. The van der Waals surface area contributed by atoms with Crippen LogP contribution in [-0.4, -0.2) is 90.8 Å². The van der Waals surface area contributed by atoms with Crippen LogP contribution in [0, 0.1) is 25.2 Å². The topological polar surface area (TPSA) is 85.0 Å². The molecule has 3 rings (SSSR count). The van der Waals surface area contributed by atoms with Gasteiger partial charge in [-0.05, 0) is 61.4 Å². The minimum atomic E-state index is -0.773. The second-order valence-corrected chi connectivity index (χ2v) is 15.6. The van der Waals surface area contributed by atoms with Gasteiger partial charge in [0.05, 0.1) is 12.1 Å². The first-order valence-electron chi connectivity index (χ1n) is 17.4. The maximum atomic E-state index is 14.3. The molecule has 8 heteroatoms. The molecule has 0 spiro atoms. The van der Waals surface area contributed by atoms with Crippen LogP contribution in [0.3, 0.4) is 0 Å². The minimum absolute atomic E-state index is 0.00645. The van der Waals surface area contributed by atoms with E-state index in [-0.39, 0.29) is 29.7 Å². The molecule has 0 unspecified atom stereocenters. The number of nitrogens with zero attached hydrogens (tertiary/aromatic N) is 3. The van der Waals surface area contributed by atoms with Crippen LogP contribution in [-0.2, 0) is 26.3 Å². The van der Waals surface area contributed by atoms with E-state index in [0.717, 1.165) is 25.2 Å². The van der Waals surface area contributed by atoms with E-state index in [4.69, 9.17) is 0 Å². The van der Waals surface area contributed by atoms with Gasteiger partial charge in [-0.15, -0.1) is 0 Å². The van der Waals surface area contributed by atoms with E-state index < -0.39 is 22.9 Å². The van der Waals surface area contributed by atoms with Crippen molar-refractivity contribution in [2.24, 2.45) is 11.3 Å². The number of carbonyl (C=O) groups excluding carboxylic acids is 3. The van der Waals surface area contributed by atoms with Crippen molar-refractivity contribution in [2.75, 3.05) is 40.3 Å². The second-order valence-electron chi connectivity index (χ2n) is 15.6. The lowest BCUT2D eigenvalue weighted by molar-refractivity contribution is -0.141. The number of amides is 3. The van der Waals surface area contributed by atoms with Crippen LogP contribution in [0.4, 0.5) is 0 Å². The van der Waals surface area contributed by atoms with Crippen LogP contribution in [0.5, 0.6) is 0 Å². The van der Waals surface area contributed by atoms with E-state index in [1.807, 2.05) is 44.7 Å². The molecule has 8 nitrogen and oxygen atoms in total. The highest BCUT2D eigenvalue weighted by Gasteiger charge is 2.42. The molecule has 1 aliphatic rings. The molecule has 0 aliphatic carbocycles. The molecule has 3 atom stereocenters. The lowest BCUT2D eigenvalue weighted by Crippen LogP contribution is -2.61. The van der Waals surface area contributed by atoms with E-state index >= 15 is 0 Å². The van der Waals surface area contributed by atoms with Crippen molar-refractivity contribution in [3.05, 3.63) is 82.4 Å². The van der Waals surface area contributed by atoms with Gasteiger partial charge in [-0.2, -0.15) is 0 Å². The quantitative estimate of drug-likeness (QED) is 0.295. The Kier molecular flexibility index (Phi) is 13.2. The van der Waals surface area contributed by atoms with Gasteiger partial charge in [-0.1, -0.05) is 103 Å². The number of rotatable bonds is 12. The number of nitrogens with one attached hydrogen (secondary N) is 2. The predicted molar refractivity (Wildman–Crippen MR) is 197 cm³/mol. The summed E-state index contributed by atoms with van der Waals surface area (Å²) in [7, 11) is 3.57. The maximum Gasteiger partial charge on any atom is 0.249 e. The molecule has 0 bridgehead atoms. The van der Waals surface area contributed by atoms with E-state index in [1.54, 1.807) is 19.0 Å². The lowest BCUT2D eigenvalue weighted by atomic mass is 9.76.